The minimum absolute atomic E-state index is 0.123. The molecule has 1 aromatic carbocycles. The summed E-state index contributed by atoms with van der Waals surface area (Å²) in [6.45, 7) is 3.80. The summed E-state index contributed by atoms with van der Waals surface area (Å²) in [7, 11) is 0. The van der Waals surface area contributed by atoms with Crippen molar-refractivity contribution in [1.82, 2.24) is 4.90 Å². The molecule has 19 heavy (non-hydrogen) atoms. The van der Waals surface area contributed by atoms with Crippen LogP contribution >= 0.6 is 0 Å². The van der Waals surface area contributed by atoms with Gasteiger partial charge >= 0.3 is 12.3 Å². The minimum atomic E-state index is -4.38. The molecule has 0 bridgehead atoms. The van der Waals surface area contributed by atoms with Gasteiger partial charge in [-0.05, 0) is 31.5 Å². The highest BCUT2D eigenvalue weighted by atomic mass is 19.4. The lowest BCUT2D eigenvalue weighted by molar-refractivity contribution is -0.137. The second-order valence-corrected chi connectivity index (χ2v) is 4.76. The maximum absolute atomic E-state index is 12.7. The number of amides is 1. The number of carbonyl (C=O) groups excluding carboxylic acids is 1. The Bertz CT molecular complexity index is 499. The topological polar surface area (TPSA) is 29.5 Å². The highest BCUT2D eigenvalue weighted by molar-refractivity contribution is 5.70. The molecule has 1 heterocycles. The van der Waals surface area contributed by atoms with Crippen molar-refractivity contribution in [1.29, 1.82) is 0 Å². The Morgan fingerprint density at radius 2 is 2.05 bits per heavy atom. The Kier molecular flexibility index (Phi) is 3.43. The number of aryl methyl sites for hydroxylation is 1. The lowest BCUT2D eigenvalue weighted by Crippen LogP contribution is -2.30. The highest BCUT2D eigenvalue weighted by Gasteiger charge is 2.32. The van der Waals surface area contributed by atoms with Crippen molar-refractivity contribution in [3.63, 3.8) is 0 Å². The third-order valence-electron chi connectivity index (χ3n) is 3.03. The van der Waals surface area contributed by atoms with Crippen LogP contribution in [0, 0.1) is 6.92 Å². The van der Waals surface area contributed by atoms with Gasteiger partial charge in [-0.1, -0.05) is 11.6 Å². The Morgan fingerprint density at radius 3 is 2.58 bits per heavy atom. The van der Waals surface area contributed by atoms with E-state index in [1.165, 1.54) is 4.90 Å². The Morgan fingerprint density at radius 1 is 1.37 bits per heavy atom. The average Bonchev–Trinajstić information content (AvgIpc) is 2.59. The fraction of sp³-hybridized carbons (Fsp3) is 0.462. The van der Waals surface area contributed by atoms with E-state index >= 15 is 0 Å². The molecule has 0 spiro atoms. The van der Waals surface area contributed by atoms with Gasteiger partial charge in [0, 0.05) is 6.54 Å². The van der Waals surface area contributed by atoms with Gasteiger partial charge in [0.25, 0.3) is 0 Å². The van der Waals surface area contributed by atoms with Crippen molar-refractivity contribution < 1.29 is 22.7 Å². The number of hydrogen-bond acceptors (Lipinski definition) is 2. The molecular weight excluding hydrogens is 259 g/mol. The van der Waals surface area contributed by atoms with E-state index in [9.17, 15) is 18.0 Å². The number of benzene rings is 1. The second-order valence-electron chi connectivity index (χ2n) is 4.76. The summed E-state index contributed by atoms with van der Waals surface area (Å²) in [6.07, 6.45) is -4.86. The van der Waals surface area contributed by atoms with Gasteiger partial charge in [0.15, 0.2) is 0 Å². The van der Waals surface area contributed by atoms with Gasteiger partial charge in [-0.3, -0.25) is 4.90 Å². The van der Waals surface area contributed by atoms with E-state index in [2.05, 4.69) is 0 Å². The lowest BCUT2D eigenvalue weighted by atomic mass is 10.1. The van der Waals surface area contributed by atoms with E-state index in [1.807, 2.05) is 0 Å². The first kappa shape index (κ1) is 13.7. The smallest absolute Gasteiger partial charge is 0.416 e. The molecule has 2 rings (SSSR count). The quantitative estimate of drug-likeness (QED) is 0.827. The average molecular weight is 273 g/mol. The van der Waals surface area contributed by atoms with Crippen LogP contribution in [-0.2, 0) is 17.5 Å². The number of alkyl halides is 3. The van der Waals surface area contributed by atoms with Gasteiger partial charge in [-0.15, -0.1) is 0 Å². The molecule has 1 aliphatic heterocycles. The van der Waals surface area contributed by atoms with Crippen molar-refractivity contribution in [3.05, 3.63) is 34.9 Å². The van der Waals surface area contributed by atoms with Gasteiger partial charge in [0.1, 0.15) is 6.61 Å². The van der Waals surface area contributed by atoms with Gasteiger partial charge < -0.3 is 4.74 Å². The molecule has 1 aromatic rings. The predicted octanol–water partition coefficient (Wildman–Crippen LogP) is 3.35. The lowest BCUT2D eigenvalue weighted by Gasteiger charge is -2.19. The van der Waals surface area contributed by atoms with Crippen LogP contribution in [-0.4, -0.2) is 23.6 Å². The summed E-state index contributed by atoms with van der Waals surface area (Å²) in [5.41, 5.74) is 0.283. The summed E-state index contributed by atoms with van der Waals surface area (Å²) in [6, 6.07) is 3.69. The van der Waals surface area contributed by atoms with Crippen molar-refractivity contribution in [2.75, 3.05) is 6.61 Å². The van der Waals surface area contributed by atoms with Crippen molar-refractivity contribution in [2.24, 2.45) is 0 Å². The molecule has 3 nitrogen and oxygen atoms in total. The molecule has 0 radical (unpaired) electrons. The summed E-state index contributed by atoms with van der Waals surface area (Å²) in [5, 5.41) is 0. The van der Waals surface area contributed by atoms with Crippen molar-refractivity contribution in [2.45, 2.75) is 32.6 Å². The van der Waals surface area contributed by atoms with Crippen LogP contribution in [0.2, 0.25) is 0 Å². The summed E-state index contributed by atoms with van der Waals surface area (Å²) in [4.78, 5) is 12.9. The number of halogens is 3. The van der Waals surface area contributed by atoms with Crippen LogP contribution in [0.4, 0.5) is 18.0 Å². The van der Waals surface area contributed by atoms with Crippen LogP contribution in [0.25, 0.3) is 0 Å². The molecule has 0 aliphatic carbocycles. The third kappa shape index (κ3) is 3.00. The zero-order chi connectivity index (χ0) is 14.2. The highest BCUT2D eigenvalue weighted by Crippen LogP contribution is 2.31. The number of rotatable bonds is 2. The number of ether oxygens (including phenoxy) is 1. The van der Waals surface area contributed by atoms with Crippen LogP contribution in [0.1, 0.15) is 23.6 Å². The molecule has 6 heteroatoms. The molecule has 104 valence electrons. The third-order valence-corrected chi connectivity index (χ3v) is 3.03. The van der Waals surface area contributed by atoms with E-state index in [0.29, 0.717) is 11.1 Å². The maximum Gasteiger partial charge on any atom is 0.416 e. The molecule has 1 saturated heterocycles. The monoisotopic (exact) mass is 273 g/mol. The van der Waals surface area contributed by atoms with Crippen molar-refractivity contribution in [3.8, 4) is 0 Å². The van der Waals surface area contributed by atoms with Crippen LogP contribution in [0.3, 0.4) is 0 Å². The minimum Gasteiger partial charge on any atom is -0.447 e. The number of carbonyl (C=O) groups is 1. The largest absolute Gasteiger partial charge is 0.447 e. The molecule has 0 aromatic heterocycles. The Hall–Kier alpha value is -1.72. The van der Waals surface area contributed by atoms with Crippen LogP contribution < -0.4 is 0 Å². The first-order chi connectivity index (χ1) is 8.77. The summed E-state index contributed by atoms with van der Waals surface area (Å²) < 4.78 is 43.0. The number of hydrogen-bond donors (Lipinski definition) is 0. The predicted molar refractivity (Wildman–Crippen MR) is 62.5 cm³/mol. The normalized spacial score (nSPS) is 19.7. The number of cyclic esters (lactones) is 1. The molecule has 1 aliphatic rings. The SMILES string of the molecule is Cc1cc(CN2C(=O)OC[C@H]2C)cc(C(F)(F)F)c1. The van der Waals surface area contributed by atoms with Gasteiger partial charge in [0.05, 0.1) is 11.6 Å². The van der Waals surface area contributed by atoms with Gasteiger partial charge in [-0.2, -0.15) is 13.2 Å². The fourth-order valence-electron chi connectivity index (χ4n) is 2.08. The fourth-order valence-corrected chi connectivity index (χ4v) is 2.08. The molecule has 0 saturated carbocycles. The summed E-state index contributed by atoms with van der Waals surface area (Å²) in [5.74, 6) is 0. The van der Waals surface area contributed by atoms with E-state index in [0.717, 1.165) is 12.1 Å². The van der Waals surface area contributed by atoms with E-state index in [4.69, 9.17) is 4.74 Å². The van der Waals surface area contributed by atoms with E-state index in [-0.39, 0.29) is 19.2 Å². The first-order valence-electron chi connectivity index (χ1n) is 5.88. The van der Waals surface area contributed by atoms with Crippen molar-refractivity contribution >= 4 is 6.09 Å². The molecule has 0 unspecified atom stereocenters. The van der Waals surface area contributed by atoms with Gasteiger partial charge in [-0.25, -0.2) is 4.79 Å². The van der Waals surface area contributed by atoms with E-state index in [1.54, 1.807) is 19.9 Å². The van der Waals surface area contributed by atoms with E-state index < -0.39 is 17.8 Å². The Balaban J connectivity index is 2.26. The molecule has 1 atom stereocenters. The molecular formula is C13H14F3NO2. The zero-order valence-electron chi connectivity index (χ0n) is 10.6. The van der Waals surface area contributed by atoms with Crippen LogP contribution in [0.5, 0.6) is 0 Å². The zero-order valence-corrected chi connectivity index (χ0v) is 10.6. The van der Waals surface area contributed by atoms with Crippen LogP contribution in [0.15, 0.2) is 18.2 Å². The number of nitrogens with zero attached hydrogens (tertiary/aromatic N) is 1. The first-order valence-corrected chi connectivity index (χ1v) is 5.88. The molecule has 1 fully saturated rings. The second kappa shape index (κ2) is 4.75. The summed E-state index contributed by atoms with van der Waals surface area (Å²) >= 11 is 0. The van der Waals surface area contributed by atoms with Gasteiger partial charge in [0.2, 0.25) is 0 Å². The Labute approximate surface area is 109 Å². The standard InChI is InChI=1S/C13H14F3NO2/c1-8-3-10(5-11(4-8)13(14,15)16)6-17-9(2)7-19-12(17)18/h3-5,9H,6-7H2,1-2H3/t9-/m1/s1. The molecule has 1 amide bonds. The molecule has 0 N–H and O–H groups in total. The maximum atomic E-state index is 12.7.